The minimum absolute atomic E-state index is 0.337. The van der Waals surface area contributed by atoms with E-state index in [0.717, 1.165) is 41.9 Å². The van der Waals surface area contributed by atoms with Crippen molar-refractivity contribution in [3.63, 3.8) is 0 Å². The van der Waals surface area contributed by atoms with Gasteiger partial charge in [0.15, 0.2) is 0 Å². The van der Waals surface area contributed by atoms with Crippen LogP contribution in [0.15, 0.2) is 61.1 Å². The molecule has 1 aromatic carbocycles. The van der Waals surface area contributed by atoms with Crippen molar-refractivity contribution in [3.05, 3.63) is 66.6 Å². The van der Waals surface area contributed by atoms with Gasteiger partial charge in [-0.05, 0) is 49.2 Å². The highest BCUT2D eigenvalue weighted by Gasteiger charge is 2.45. The highest BCUT2D eigenvalue weighted by atomic mass is 32.2. The van der Waals surface area contributed by atoms with E-state index < -0.39 is 10.0 Å². The zero-order valence-electron chi connectivity index (χ0n) is 20.9. The monoisotopic (exact) mass is 518 g/mol. The smallest absolute Gasteiger partial charge is 0.233 e. The van der Waals surface area contributed by atoms with Crippen LogP contribution in [-0.4, -0.2) is 66.4 Å². The van der Waals surface area contributed by atoms with Gasteiger partial charge in [0.05, 0.1) is 12.8 Å². The second-order valence-corrected chi connectivity index (χ2v) is 11.9. The lowest BCUT2D eigenvalue weighted by Gasteiger charge is -2.35. The summed E-state index contributed by atoms with van der Waals surface area (Å²) in [5, 5.41) is 7.87. The van der Waals surface area contributed by atoms with Gasteiger partial charge in [-0.3, -0.25) is 4.31 Å². The van der Waals surface area contributed by atoms with Gasteiger partial charge in [0.25, 0.3) is 0 Å². The highest BCUT2D eigenvalue weighted by molar-refractivity contribution is 7.92. The van der Waals surface area contributed by atoms with Crippen molar-refractivity contribution >= 4 is 44.2 Å². The third kappa shape index (κ3) is 4.84. The minimum Gasteiger partial charge on any atom is -0.368 e. The molecule has 37 heavy (non-hydrogen) atoms. The number of rotatable bonds is 7. The van der Waals surface area contributed by atoms with E-state index in [4.69, 9.17) is 4.98 Å². The highest BCUT2D eigenvalue weighted by Crippen LogP contribution is 2.38. The summed E-state index contributed by atoms with van der Waals surface area (Å²) >= 11 is 0. The fourth-order valence-electron chi connectivity index (χ4n) is 4.88. The number of hydrogen-bond acceptors (Lipinski definition) is 8. The molecule has 2 N–H and O–H groups in total. The van der Waals surface area contributed by atoms with E-state index in [0.29, 0.717) is 23.8 Å². The predicted octanol–water partition coefficient (Wildman–Crippen LogP) is 2.96. The number of hydrogen-bond donors (Lipinski definition) is 2. The summed E-state index contributed by atoms with van der Waals surface area (Å²) in [6.45, 7) is 3.53. The molecule has 11 heteroatoms. The zero-order valence-corrected chi connectivity index (χ0v) is 21.7. The van der Waals surface area contributed by atoms with Gasteiger partial charge in [0.1, 0.15) is 11.5 Å². The van der Waals surface area contributed by atoms with Gasteiger partial charge in [-0.2, -0.15) is 4.98 Å². The summed E-state index contributed by atoms with van der Waals surface area (Å²) in [6, 6.07) is 14.0. The molecule has 1 saturated carbocycles. The van der Waals surface area contributed by atoms with E-state index in [1.165, 1.54) is 36.1 Å². The lowest BCUT2D eigenvalue weighted by molar-refractivity contribution is 0.442. The Morgan fingerprint density at radius 3 is 2.70 bits per heavy atom. The van der Waals surface area contributed by atoms with Crippen molar-refractivity contribution in [1.29, 1.82) is 0 Å². The molecule has 0 bridgehead atoms. The Balaban J connectivity index is 1.21. The first kappa shape index (κ1) is 23.7. The molecule has 3 aromatic heterocycles. The fraction of sp³-hybridized carbons (Fsp3) is 0.346. The van der Waals surface area contributed by atoms with Gasteiger partial charge in [-0.1, -0.05) is 6.07 Å². The number of nitrogens with zero attached hydrogens (tertiary/aromatic N) is 6. The molecule has 10 nitrogen and oxygen atoms in total. The van der Waals surface area contributed by atoms with E-state index in [2.05, 4.69) is 49.8 Å². The molecule has 6 rings (SSSR count). The third-order valence-corrected chi connectivity index (χ3v) is 8.39. The molecule has 1 aliphatic heterocycles. The number of aromatic nitrogens is 4. The Hall–Kier alpha value is -3.70. The lowest BCUT2D eigenvalue weighted by Crippen LogP contribution is -2.52. The molecule has 1 saturated heterocycles. The van der Waals surface area contributed by atoms with Crippen LogP contribution in [-0.2, 0) is 16.6 Å². The molecule has 0 atom stereocenters. The van der Waals surface area contributed by atoms with Crippen LogP contribution >= 0.6 is 0 Å². The van der Waals surface area contributed by atoms with E-state index in [-0.39, 0.29) is 0 Å². The summed E-state index contributed by atoms with van der Waals surface area (Å²) in [5.41, 5.74) is 4.01. The molecule has 1 spiro atoms. The number of piperazine rings is 1. The van der Waals surface area contributed by atoms with Crippen LogP contribution in [0.2, 0.25) is 0 Å². The lowest BCUT2D eigenvalue weighted by atomic mass is 10.1. The molecule has 4 heterocycles. The van der Waals surface area contributed by atoms with Crippen molar-refractivity contribution < 1.29 is 8.42 Å². The Morgan fingerprint density at radius 2 is 1.95 bits per heavy atom. The molecule has 0 amide bonds. The van der Waals surface area contributed by atoms with Crippen molar-refractivity contribution in [2.45, 2.75) is 24.9 Å². The maximum absolute atomic E-state index is 12.1. The SMILES string of the molecule is CN(c1ncccc1Cn1ccc2cnc(Nc3ccc(N4CCNC5(CC5)C4)cc3)nc21)S(C)(=O)=O. The normalized spacial score (nSPS) is 16.8. The summed E-state index contributed by atoms with van der Waals surface area (Å²) in [7, 11) is -1.92. The van der Waals surface area contributed by atoms with E-state index in [1.54, 1.807) is 18.5 Å². The number of pyridine rings is 1. The van der Waals surface area contributed by atoms with Crippen molar-refractivity contribution in [3.8, 4) is 0 Å². The number of nitrogens with one attached hydrogen (secondary N) is 2. The Labute approximate surface area is 216 Å². The molecule has 192 valence electrons. The average Bonchev–Trinajstić information content (AvgIpc) is 3.52. The average molecular weight is 519 g/mol. The molecule has 2 fully saturated rings. The second kappa shape index (κ2) is 9.00. The quantitative estimate of drug-likeness (QED) is 0.385. The molecule has 0 radical (unpaired) electrons. The number of benzene rings is 1. The van der Waals surface area contributed by atoms with Gasteiger partial charge < -0.3 is 20.1 Å². The summed E-state index contributed by atoms with van der Waals surface area (Å²) < 4.78 is 27.4. The largest absolute Gasteiger partial charge is 0.368 e. The Kier molecular flexibility index (Phi) is 5.76. The Morgan fingerprint density at radius 1 is 1.14 bits per heavy atom. The predicted molar refractivity (Wildman–Crippen MR) is 146 cm³/mol. The van der Waals surface area contributed by atoms with Gasteiger partial charge in [0, 0.05) is 73.1 Å². The van der Waals surface area contributed by atoms with Crippen LogP contribution in [0, 0.1) is 0 Å². The second-order valence-electron chi connectivity index (χ2n) is 9.93. The maximum Gasteiger partial charge on any atom is 0.233 e. The van der Waals surface area contributed by atoms with Crippen LogP contribution in [0.4, 0.5) is 23.1 Å². The molecular weight excluding hydrogens is 488 g/mol. The van der Waals surface area contributed by atoms with Crippen molar-refractivity contribution in [2.75, 3.05) is 47.5 Å². The fourth-order valence-corrected chi connectivity index (χ4v) is 5.36. The summed E-state index contributed by atoms with van der Waals surface area (Å²) in [4.78, 5) is 16.0. The van der Waals surface area contributed by atoms with Crippen molar-refractivity contribution in [1.82, 2.24) is 24.8 Å². The standard InChI is InChI=1S/C26H30N8O2S/c1-32(37(2,35)36)23-20(4-3-12-27-23)17-33-14-9-19-16-28-25(31-24(19)33)30-21-5-7-22(8-6-21)34-15-13-29-26(18-34)10-11-26/h3-9,12,14,16,29H,10-11,13,15,17-18H2,1-2H3,(H,28,30,31). The Bertz CT molecular complexity index is 1550. The topological polar surface area (TPSA) is 108 Å². The molecule has 1 aliphatic carbocycles. The number of anilines is 4. The zero-order chi connectivity index (χ0) is 25.6. The molecule has 2 aliphatic rings. The molecule has 4 aromatic rings. The van der Waals surface area contributed by atoms with Gasteiger partial charge >= 0.3 is 0 Å². The first-order valence-electron chi connectivity index (χ1n) is 12.4. The van der Waals surface area contributed by atoms with Gasteiger partial charge in [0.2, 0.25) is 16.0 Å². The number of sulfonamides is 1. The van der Waals surface area contributed by atoms with Crippen LogP contribution in [0.1, 0.15) is 18.4 Å². The minimum atomic E-state index is -3.43. The van der Waals surface area contributed by atoms with E-state index in [9.17, 15) is 8.42 Å². The molecular formula is C26H30N8O2S. The van der Waals surface area contributed by atoms with E-state index >= 15 is 0 Å². The van der Waals surface area contributed by atoms with Gasteiger partial charge in [-0.25, -0.2) is 18.4 Å². The summed E-state index contributed by atoms with van der Waals surface area (Å²) in [6.07, 6.45) is 9.01. The molecule has 0 unspecified atom stereocenters. The van der Waals surface area contributed by atoms with Crippen LogP contribution in [0.3, 0.4) is 0 Å². The third-order valence-electron chi connectivity index (χ3n) is 7.22. The van der Waals surface area contributed by atoms with Crippen LogP contribution < -0.4 is 19.8 Å². The first-order valence-corrected chi connectivity index (χ1v) is 14.2. The van der Waals surface area contributed by atoms with Crippen LogP contribution in [0.25, 0.3) is 11.0 Å². The first-order chi connectivity index (χ1) is 17.8. The maximum atomic E-state index is 12.1. The van der Waals surface area contributed by atoms with E-state index in [1.807, 2.05) is 22.9 Å². The summed E-state index contributed by atoms with van der Waals surface area (Å²) in [5.74, 6) is 0.899. The van der Waals surface area contributed by atoms with Crippen molar-refractivity contribution in [2.24, 2.45) is 0 Å². The van der Waals surface area contributed by atoms with Crippen LogP contribution in [0.5, 0.6) is 0 Å². The number of fused-ring (bicyclic) bond motifs is 1. The van der Waals surface area contributed by atoms with Gasteiger partial charge in [-0.15, -0.1) is 0 Å².